The minimum atomic E-state index is 0.0524. The molecule has 0 bridgehead atoms. The third kappa shape index (κ3) is 2.83. The van der Waals surface area contributed by atoms with Gasteiger partial charge in [0.25, 0.3) is 6.47 Å². The second-order valence-electron chi connectivity index (χ2n) is 7.07. The predicted octanol–water partition coefficient (Wildman–Crippen LogP) is 4.58. The van der Waals surface area contributed by atoms with Gasteiger partial charge < -0.3 is 4.74 Å². The van der Waals surface area contributed by atoms with E-state index in [2.05, 4.69) is 61.7 Å². The van der Waals surface area contributed by atoms with Gasteiger partial charge in [0, 0.05) is 25.0 Å². The molecule has 126 valence electrons. The largest absolute Gasteiger partial charge is 0.468 e. The van der Waals surface area contributed by atoms with E-state index in [1.165, 1.54) is 27.7 Å². The lowest BCUT2D eigenvalue weighted by molar-refractivity contribution is -0.439. The summed E-state index contributed by atoms with van der Waals surface area (Å²) >= 11 is 0. The number of unbranched alkanes of at least 4 members (excludes halogenated alkanes) is 2. The number of benzene rings is 2. The second kappa shape index (κ2) is 6.76. The molecule has 24 heavy (non-hydrogen) atoms. The first-order valence-corrected chi connectivity index (χ1v) is 8.76. The molecule has 2 aromatic rings. The van der Waals surface area contributed by atoms with Crippen molar-refractivity contribution in [3.63, 3.8) is 0 Å². The Morgan fingerprint density at radius 1 is 1.08 bits per heavy atom. The van der Waals surface area contributed by atoms with E-state index in [0.29, 0.717) is 13.1 Å². The van der Waals surface area contributed by atoms with E-state index >= 15 is 0 Å². The number of carbonyl (C=O) groups is 1. The van der Waals surface area contributed by atoms with Crippen LogP contribution in [0.1, 0.15) is 45.6 Å². The van der Waals surface area contributed by atoms with Crippen LogP contribution in [0.25, 0.3) is 10.8 Å². The van der Waals surface area contributed by atoms with E-state index in [1.807, 2.05) is 0 Å². The van der Waals surface area contributed by atoms with E-state index < -0.39 is 0 Å². The first-order valence-electron chi connectivity index (χ1n) is 8.76. The first-order chi connectivity index (χ1) is 11.6. The lowest BCUT2D eigenvalue weighted by Gasteiger charge is -2.17. The van der Waals surface area contributed by atoms with Gasteiger partial charge in [-0.25, -0.2) is 0 Å². The third-order valence-electron chi connectivity index (χ3n) is 5.34. The van der Waals surface area contributed by atoms with Crippen molar-refractivity contribution in [3.8, 4) is 0 Å². The maximum Gasteiger partial charge on any atom is 0.293 e. The van der Waals surface area contributed by atoms with E-state index in [9.17, 15) is 4.79 Å². The molecule has 0 fully saturated rings. The van der Waals surface area contributed by atoms with E-state index in [0.717, 1.165) is 25.8 Å². The van der Waals surface area contributed by atoms with Gasteiger partial charge in [0.2, 0.25) is 5.69 Å². The van der Waals surface area contributed by atoms with Gasteiger partial charge in [0.1, 0.15) is 6.54 Å². The molecule has 3 nitrogen and oxygen atoms in total. The smallest absolute Gasteiger partial charge is 0.293 e. The van der Waals surface area contributed by atoms with Crippen molar-refractivity contribution in [1.29, 1.82) is 0 Å². The van der Waals surface area contributed by atoms with Crippen molar-refractivity contribution in [1.82, 2.24) is 0 Å². The summed E-state index contributed by atoms with van der Waals surface area (Å²) in [6.07, 6.45) is 3.10. The molecule has 0 radical (unpaired) electrons. The summed E-state index contributed by atoms with van der Waals surface area (Å²) in [5, 5.41) is 2.67. The van der Waals surface area contributed by atoms with Crippen LogP contribution in [0.3, 0.4) is 0 Å². The first kappa shape index (κ1) is 16.7. The molecule has 0 saturated carbocycles. The van der Waals surface area contributed by atoms with Crippen molar-refractivity contribution >= 4 is 28.6 Å². The molecule has 3 rings (SSSR count). The molecular weight excluding hydrogens is 298 g/mol. The summed E-state index contributed by atoms with van der Waals surface area (Å²) in [7, 11) is 0. The number of hydrogen-bond donors (Lipinski definition) is 0. The van der Waals surface area contributed by atoms with Gasteiger partial charge in [-0.05, 0) is 43.5 Å². The molecule has 0 N–H and O–H groups in total. The van der Waals surface area contributed by atoms with Crippen LogP contribution in [0.5, 0.6) is 0 Å². The van der Waals surface area contributed by atoms with Crippen LogP contribution < -0.4 is 0 Å². The maximum atomic E-state index is 10.2. The Balaban J connectivity index is 1.85. The molecule has 1 heterocycles. The van der Waals surface area contributed by atoms with Gasteiger partial charge in [-0.3, -0.25) is 4.79 Å². The Kier molecular flexibility index (Phi) is 4.70. The van der Waals surface area contributed by atoms with E-state index in [-0.39, 0.29) is 5.41 Å². The third-order valence-corrected chi connectivity index (χ3v) is 5.34. The van der Waals surface area contributed by atoms with Gasteiger partial charge in [0.05, 0.1) is 12.0 Å². The van der Waals surface area contributed by atoms with Gasteiger partial charge in [-0.15, -0.1) is 0 Å². The molecule has 0 spiro atoms. The fourth-order valence-corrected chi connectivity index (χ4v) is 3.81. The Labute approximate surface area is 144 Å². The average Bonchev–Trinajstić information content (AvgIpc) is 2.78. The van der Waals surface area contributed by atoms with Gasteiger partial charge in [-0.2, -0.15) is 4.58 Å². The molecule has 0 aromatic heterocycles. The van der Waals surface area contributed by atoms with Gasteiger partial charge in [0.15, 0.2) is 5.71 Å². The molecule has 3 heteroatoms. The summed E-state index contributed by atoms with van der Waals surface area (Å²) < 4.78 is 7.24. The van der Waals surface area contributed by atoms with E-state index in [1.54, 1.807) is 0 Å². The van der Waals surface area contributed by atoms with Crippen LogP contribution in [0.15, 0.2) is 36.4 Å². The Morgan fingerprint density at radius 2 is 1.88 bits per heavy atom. The summed E-state index contributed by atoms with van der Waals surface area (Å²) in [5.74, 6) is 0. The standard InChI is InChI=1S/C21H26NO2/c1-16-21(2,3)20-18-10-6-5-9-17(18)11-12-19(20)22(16)13-7-4-8-14-24-15-23/h5-6,9-12,15H,4,7-8,13-14H2,1-3H3/q+1. The predicted molar refractivity (Wildman–Crippen MR) is 98.3 cm³/mol. The SMILES string of the molecule is CC1=[N+](CCCCCOC=O)c2ccc3ccccc3c2C1(C)C. The van der Waals surface area contributed by atoms with Crippen LogP contribution in [0.2, 0.25) is 0 Å². The average molecular weight is 324 g/mol. The van der Waals surface area contributed by atoms with Crippen molar-refractivity contribution in [2.24, 2.45) is 0 Å². The molecule has 0 unspecified atom stereocenters. The monoisotopic (exact) mass is 324 g/mol. The fourth-order valence-electron chi connectivity index (χ4n) is 3.81. The zero-order chi connectivity index (χ0) is 17.2. The van der Waals surface area contributed by atoms with Gasteiger partial charge in [-0.1, -0.05) is 24.3 Å². The number of carbonyl (C=O) groups excluding carboxylic acids is 1. The zero-order valence-electron chi connectivity index (χ0n) is 14.8. The summed E-state index contributed by atoms with van der Waals surface area (Å²) in [4.78, 5) is 10.2. The van der Waals surface area contributed by atoms with Gasteiger partial charge >= 0.3 is 0 Å². The lowest BCUT2D eigenvalue weighted by Crippen LogP contribution is -2.26. The molecule has 0 amide bonds. The number of fused-ring (bicyclic) bond motifs is 3. The van der Waals surface area contributed by atoms with Crippen molar-refractivity contribution in [2.45, 2.75) is 45.4 Å². The lowest BCUT2D eigenvalue weighted by atomic mass is 9.80. The van der Waals surface area contributed by atoms with Crippen molar-refractivity contribution in [2.75, 3.05) is 13.2 Å². The van der Waals surface area contributed by atoms with Crippen LogP contribution in [-0.2, 0) is 14.9 Å². The molecular formula is C21H26NO2+. The van der Waals surface area contributed by atoms with Crippen LogP contribution in [0, 0.1) is 0 Å². The molecule has 0 atom stereocenters. The highest BCUT2D eigenvalue weighted by molar-refractivity contribution is 6.01. The number of hydrogen-bond acceptors (Lipinski definition) is 2. The summed E-state index contributed by atoms with van der Waals surface area (Å²) in [6, 6.07) is 13.2. The van der Waals surface area contributed by atoms with Crippen molar-refractivity contribution < 1.29 is 14.1 Å². The molecule has 0 saturated heterocycles. The van der Waals surface area contributed by atoms with Crippen LogP contribution in [-0.4, -0.2) is 29.9 Å². The maximum absolute atomic E-state index is 10.2. The fraction of sp³-hybridized carbons (Fsp3) is 0.429. The normalized spacial score (nSPS) is 15.6. The summed E-state index contributed by atoms with van der Waals surface area (Å²) in [6.45, 7) is 8.98. The number of nitrogens with zero attached hydrogens (tertiary/aromatic N) is 1. The van der Waals surface area contributed by atoms with Crippen LogP contribution >= 0.6 is 0 Å². The molecule has 1 aliphatic rings. The minimum Gasteiger partial charge on any atom is -0.468 e. The molecule has 0 aliphatic carbocycles. The highest BCUT2D eigenvalue weighted by Crippen LogP contribution is 2.43. The quantitative estimate of drug-likeness (QED) is 0.424. The van der Waals surface area contributed by atoms with Crippen molar-refractivity contribution in [3.05, 3.63) is 42.0 Å². The highest BCUT2D eigenvalue weighted by Gasteiger charge is 2.43. The number of ether oxygens (including phenoxy) is 1. The minimum absolute atomic E-state index is 0.0524. The highest BCUT2D eigenvalue weighted by atomic mass is 16.5. The van der Waals surface area contributed by atoms with E-state index in [4.69, 9.17) is 4.74 Å². The number of rotatable bonds is 7. The Morgan fingerprint density at radius 3 is 2.67 bits per heavy atom. The van der Waals surface area contributed by atoms with Crippen LogP contribution in [0.4, 0.5) is 5.69 Å². The Bertz CT molecular complexity index is 790. The molecule has 2 aromatic carbocycles. The Hall–Kier alpha value is -2.16. The summed E-state index contributed by atoms with van der Waals surface area (Å²) in [5.41, 5.74) is 4.26. The molecule has 1 aliphatic heterocycles. The topological polar surface area (TPSA) is 29.3 Å². The second-order valence-corrected chi connectivity index (χ2v) is 7.07. The zero-order valence-corrected chi connectivity index (χ0v) is 14.8.